The van der Waals surface area contributed by atoms with Crippen molar-refractivity contribution in [3.8, 4) is 28.7 Å². The second-order valence-corrected chi connectivity index (χ2v) is 10.6. The normalized spacial score (nSPS) is 14.8. The van der Waals surface area contributed by atoms with E-state index in [-0.39, 0.29) is 25.4 Å². The summed E-state index contributed by atoms with van der Waals surface area (Å²) in [5, 5.41) is 22.4. The highest BCUT2D eigenvalue weighted by Gasteiger charge is 2.28. The zero-order valence-electron chi connectivity index (χ0n) is 22.7. The van der Waals surface area contributed by atoms with E-state index in [2.05, 4.69) is 65.8 Å². The van der Waals surface area contributed by atoms with Gasteiger partial charge in [-0.25, -0.2) is 0 Å². The molecule has 5 rings (SSSR count). The highest BCUT2D eigenvalue weighted by atomic mass is 35.5. The molecule has 1 heterocycles. The Balaban J connectivity index is 1.42. The Kier molecular flexibility index (Phi) is 8.66. The van der Waals surface area contributed by atoms with Crippen molar-refractivity contribution in [3.05, 3.63) is 111 Å². The zero-order chi connectivity index (χ0) is 28.1. The lowest BCUT2D eigenvalue weighted by atomic mass is 9.94. The van der Waals surface area contributed by atoms with Crippen LogP contribution in [0.25, 0.3) is 11.1 Å². The first-order valence-corrected chi connectivity index (χ1v) is 13.8. The third-order valence-electron chi connectivity index (χ3n) is 7.27. The summed E-state index contributed by atoms with van der Waals surface area (Å²) in [4.78, 5) is 4.13. The molecule has 0 fully saturated rings. The predicted octanol–water partition coefficient (Wildman–Crippen LogP) is 6.70. The number of aromatic nitrogens is 1. The fourth-order valence-electron chi connectivity index (χ4n) is 5.10. The van der Waals surface area contributed by atoms with Crippen molar-refractivity contribution in [2.45, 2.75) is 52.0 Å². The van der Waals surface area contributed by atoms with Gasteiger partial charge in [-0.15, -0.1) is 0 Å². The van der Waals surface area contributed by atoms with Gasteiger partial charge in [0.2, 0.25) is 0 Å². The maximum atomic E-state index is 9.46. The molecule has 4 aromatic rings. The monoisotopic (exact) mass is 553 g/mol. The highest BCUT2D eigenvalue weighted by Crippen LogP contribution is 2.43. The van der Waals surface area contributed by atoms with E-state index < -0.39 is 0 Å². The molecule has 0 saturated carbocycles. The van der Waals surface area contributed by atoms with Gasteiger partial charge in [-0.05, 0) is 66.6 Å². The molecule has 1 aliphatic rings. The number of aliphatic hydroxyl groups excluding tert-OH is 1. The summed E-state index contributed by atoms with van der Waals surface area (Å²) in [6.07, 6.45) is 4.86. The van der Waals surface area contributed by atoms with Gasteiger partial charge in [0.25, 0.3) is 0 Å². The maximum Gasteiger partial charge on any atom is 0.142 e. The van der Waals surface area contributed by atoms with Crippen LogP contribution in [-0.4, -0.2) is 22.7 Å². The SMILES string of the molecule is Cc1ccccc1-c1cccc2c1CC[C@@H]2Oc1cc(OCc2cncc(C#N)c2)c(CN[C@H](C)CO)cc1Cl. The molecule has 0 radical (unpaired) electrons. The van der Waals surface area contributed by atoms with Crippen LogP contribution >= 0.6 is 11.6 Å². The number of halogens is 1. The zero-order valence-corrected chi connectivity index (χ0v) is 23.4. The minimum Gasteiger partial charge on any atom is -0.488 e. The van der Waals surface area contributed by atoms with Crippen LogP contribution in [0.2, 0.25) is 5.02 Å². The molecule has 0 bridgehead atoms. The number of aliphatic hydroxyl groups is 1. The number of hydrogen-bond acceptors (Lipinski definition) is 6. The Morgan fingerprint density at radius 1 is 1.10 bits per heavy atom. The minimum atomic E-state index is -0.126. The number of pyridine rings is 1. The number of ether oxygens (including phenoxy) is 2. The standard InChI is InChI=1S/C33H32ClN3O3/c1-21-6-3-4-7-26(21)27-8-5-9-29-28(27)10-11-31(29)40-33-14-32(25(13-30(33)34)18-37-22(2)19-38)39-20-24-12-23(15-35)16-36-17-24/h3-9,12-14,16-17,22,31,37-38H,10-11,18-20H2,1-2H3/t22-,31+/m1/s1. The predicted molar refractivity (Wildman–Crippen MR) is 156 cm³/mol. The number of rotatable bonds is 10. The van der Waals surface area contributed by atoms with Gasteiger partial charge in [0.1, 0.15) is 30.3 Å². The van der Waals surface area contributed by atoms with Crippen molar-refractivity contribution >= 4 is 11.6 Å². The number of nitrogens with zero attached hydrogens (tertiary/aromatic N) is 2. The average molecular weight is 554 g/mol. The lowest BCUT2D eigenvalue weighted by Crippen LogP contribution is -2.28. The Morgan fingerprint density at radius 3 is 2.73 bits per heavy atom. The van der Waals surface area contributed by atoms with Gasteiger partial charge in [-0.2, -0.15) is 5.26 Å². The first-order valence-electron chi connectivity index (χ1n) is 13.4. The molecule has 0 saturated heterocycles. The van der Waals surface area contributed by atoms with E-state index in [1.165, 1.54) is 34.0 Å². The van der Waals surface area contributed by atoms with E-state index in [0.717, 1.165) is 24.0 Å². The number of nitrogens with one attached hydrogen (secondary N) is 1. The highest BCUT2D eigenvalue weighted by molar-refractivity contribution is 6.32. The van der Waals surface area contributed by atoms with E-state index in [9.17, 15) is 10.4 Å². The Labute approximate surface area is 240 Å². The summed E-state index contributed by atoms with van der Waals surface area (Å²) in [6, 6.07) is 22.4. The third-order valence-corrected chi connectivity index (χ3v) is 7.56. The Bertz CT molecular complexity index is 1550. The van der Waals surface area contributed by atoms with Gasteiger partial charge < -0.3 is 19.9 Å². The summed E-state index contributed by atoms with van der Waals surface area (Å²) in [5.41, 5.74) is 8.36. The van der Waals surface area contributed by atoms with Crippen LogP contribution < -0.4 is 14.8 Å². The van der Waals surface area contributed by atoms with E-state index in [1.807, 2.05) is 19.1 Å². The average Bonchev–Trinajstić information content (AvgIpc) is 3.39. The van der Waals surface area contributed by atoms with Gasteiger partial charge in [0, 0.05) is 42.2 Å². The molecule has 0 unspecified atom stereocenters. The molecule has 7 heteroatoms. The molecule has 40 heavy (non-hydrogen) atoms. The summed E-state index contributed by atoms with van der Waals surface area (Å²) in [5.74, 6) is 1.17. The molecule has 1 aromatic heterocycles. The largest absolute Gasteiger partial charge is 0.488 e. The second-order valence-electron chi connectivity index (χ2n) is 10.2. The molecular formula is C33H32ClN3O3. The van der Waals surface area contributed by atoms with Crippen LogP contribution in [0.4, 0.5) is 0 Å². The van der Waals surface area contributed by atoms with Gasteiger partial charge in [0.15, 0.2) is 0 Å². The fourth-order valence-corrected chi connectivity index (χ4v) is 5.33. The summed E-state index contributed by atoms with van der Waals surface area (Å²) >= 11 is 6.76. The molecule has 3 aromatic carbocycles. The molecule has 2 atom stereocenters. The smallest absolute Gasteiger partial charge is 0.142 e. The summed E-state index contributed by atoms with van der Waals surface area (Å²) in [7, 11) is 0. The molecule has 6 nitrogen and oxygen atoms in total. The van der Waals surface area contributed by atoms with Crippen molar-refractivity contribution in [2.75, 3.05) is 6.61 Å². The number of hydrogen-bond donors (Lipinski definition) is 2. The molecule has 0 aliphatic heterocycles. The molecule has 2 N–H and O–H groups in total. The lowest BCUT2D eigenvalue weighted by Gasteiger charge is -2.20. The topological polar surface area (TPSA) is 87.4 Å². The van der Waals surface area contributed by atoms with E-state index in [1.54, 1.807) is 12.3 Å². The van der Waals surface area contributed by atoms with Crippen molar-refractivity contribution in [1.29, 1.82) is 5.26 Å². The van der Waals surface area contributed by atoms with Gasteiger partial charge in [-0.3, -0.25) is 4.98 Å². The van der Waals surface area contributed by atoms with Gasteiger partial charge in [-0.1, -0.05) is 54.1 Å². The first-order chi connectivity index (χ1) is 19.5. The minimum absolute atomic E-state index is 0.0172. The van der Waals surface area contributed by atoms with Crippen LogP contribution in [0.3, 0.4) is 0 Å². The third kappa shape index (κ3) is 6.13. The Morgan fingerprint density at radius 2 is 1.93 bits per heavy atom. The van der Waals surface area contributed by atoms with Crippen molar-refractivity contribution in [2.24, 2.45) is 0 Å². The molecular weight excluding hydrogens is 522 g/mol. The van der Waals surface area contributed by atoms with Crippen molar-refractivity contribution in [1.82, 2.24) is 10.3 Å². The van der Waals surface area contributed by atoms with Gasteiger partial charge >= 0.3 is 0 Å². The maximum absolute atomic E-state index is 9.46. The first kappa shape index (κ1) is 27.7. The van der Waals surface area contributed by atoms with Crippen molar-refractivity contribution in [3.63, 3.8) is 0 Å². The van der Waals surface area contributed by atoms with Crippen LogP contribution in [-0.2, 0) is 19.6 Å². The number of nitriles is 1. The molecule has 1 aliphatic carbocycles. The number of fused-ring (bicyclic) bond motifs is 1. The van der Waals surface area contributed by atoms with Crippen LogP contribution in [0, 0.1) is 18.3 Å². The lowest BCUT2D eigenvalue weighted by molar-refractivity contribution is 0.205. The van der Waals surface area contributed by atoms with E-state index in [4.69, 9.17) is 21.1 Å². The molecule has 204 valence electrons. The van der Waals surface area contributed by atoms with Gasteiger partial charge in [0.05, 0.1) is 17.2 Å². The quantitative estimate of drug-likeness (QED) is 0.227. The molecule has 0 amide bonds. The molecule has 0 spiro atoms. The summed E-state index contributed by atoms with van der Waals surface area (Å²) in [6.45, 7) is 4.76. The van der Waals surface area contributed by atoms with E-state index in [0.29, 0.717) is 28.6 Å². The number of benzene rings is 3. The fraction of sp³-hybridized carbons (Fsp3) is 0.273. The summed E-state index contributed by atoms with van der Waals surface area (Å²) < 4.78 is 12.8. The van der Waals surface area contributed by atoms with Crippen LogP contribution in [0.5, 0.6) is 11.5 Å². The van der Waals surface area contributed by atoms with Crippen LogP contribution in [0.1, 0.15) is 52.8 Å². The second kappa shape index (κ2) is 12.5. The van der Waals surface area contributed by atoms with Crippen molar-refractivity contribution < 1.29 is 14.6 Å². The van der Waals surface area contributed by atoms with Crippen LogP contribution in [0.15, 0.2) is 73.1 Å². The Hall–Kier alpha value is -3.89. The van der Waals surface area contributed by atoms with E-state index >= 15 is 0 Å². The number of aryl methyl sites for hydroxylation is 1.